The summed E-state index contributed by atoms with van der Waals surface area (Å²) >= 11 is 0. The molecule has 0 spiro atoms. The molecular weight excluding hydrogens is 302 g/mol. The van der Waals surface area contributed by atoms with Crippen LogP contribution < -0.4 is 9.64 Å². The zero-order valence-corrected chi connectivity index (χ0v) is 15.2. The van der Waals surface area contributed by atoms with Crippen LogP contribution in [0.15, 0.2) is 30.6 Å². The van der Waals surface area contributed by atoms with Crippen LogP contribution in [0.1, 0.15) is 44.7 Å². The Morgan fingerprint density at radius 1 is 1.33 bits per heavy atom. The van der Waals surface area contributed by atoms with Gasteiger partial charge in [0.15, 0.2) is 0 Å². The van der Waals surface area contributed by atoms with Crippen molar-refractivity contribution >= 4 is 11.6 Å². The van der Waals surface area contributed by atoms with Gasteiger partial charge in [-0.3, -0.25) is 9.89 Å². The topological polar surface area (TPSA) is 58.2 Å². The lowest BCUT2D eigenvalue weighted by Gasteiger charge is -2.20. The van der Waals surface area contributed by atoms with Crippen molar-refractivity contribution in [3.63, 3.8) is 0 Å². The Labute approximate surface area is 144 Å². The Kier molecular flexibility index (Phi) is 5.65. The van der Waals surface area contributed by atoms with Gasteiger partial charge >= 0.3 is 0 Å². The first-order valence-corrected chi connectivity index (χ1v) is 8.28. The van der Waals surface area contributed by atoms with E-state index < -0.39 is 0 Å². The zero-order valence-electron chi connectivity index (χ0n) is 15.2. The maximum Gasteiger partial charge on any atom is 0.226 e. The van der Waals surface area contributed by atoms with E-state index in [1.54, 1.807) is 24.3 Å². The van der Waals surface area contributed by atoms with Crippen LogP contribution in [0, 0.1) is 6.92 Å². The summed E-state index contributed by atoms with van der Waals surface area (Å²) in [6, 6.07) is 6.31. The normalized spacial score (nSPS) is 11.4. The van der Waals surface area contributed by atoms with E-state index in [1.165, 1.54) is 5.56 Å². The van der Waals surface area contributed by atoms with Crippen molar-refractivity contribution in [1.82, 2.24) is 10.2 Å². The Bertz CT molecular complexity index is 672. The fourth-order valence-corrected chi connectivity index (χ4v) is 2.42. The van der Waals surface area contributed by atoms with Crippen molar-refractivity contribution in [2.75, 3.05) is 18.6 Å². The third-order valence-corrected chi connectivity index (χ3v) is 4.08. The standard InChI is InChI=1S/C19H27N3O2/c1-14-11-15(19(2,3)4)8-9-17(14)24-10-6-7-18(23)22(5)16-12-20-21-13-16/h8-9,11-13H,6-7,10H2,1-5H3,(H,20,21). The lowest BCUT2D eigenvalue weighted by molar-refractivity contribution is -0.118. The second kappa shape index (κ2) is 7.51. The van der Waals surface area contributed by atoms with E-state index in [9.17, 15) is 4.79 Å². The van der Waals surface area contributed by atoms with E-state index in [0.717, 1.165) is 17.0 Å². The number of aromatic amines is 1. The molecule has 0 aliphatic carbocycles. The molecule has 24 heavy (non-hydrogen) atoms. The molecule has 1 N–H and O–H groups in total. The number of nitrogens with one attached hydrogen (secondary N) is 1. The van der Waals surface area contributed by atoms with Crippen molar-refractivity contribution in [2.24, 2.45) is 0 Å². The number of amides is 1. The van der Waals surface area contributed by atoms with E-state index in [4.69, 9.17) is 4.74 Å². The zero-order chi connectivity index (χ0) is 17.7. The fourth-order valence-electron chi connectivity index (χ4n) is 2.42. The lowest BCUT2D eigenvalue weighted by Crippen LogP contribution is -2.25. The van der Waals surface area contributed by atoms with Crippen LogP contribution in [0.5, 0.6) is 5.75 Å². The monoisotopic (exact) mass is 329 g/mol. The molecule has 0 saturated heterocycles. The summed E-state index contributed by atoms with van der Waals surface area (Å²) in [5, 5.41) is 6.56. The van der Waals surface area contributed by atoms with E-state index in [0.29, 0.717) is 19.4 Å². The number of carbonyl (C=O) groups is 1. The second-order valence-corrected chi connectivity index (χ2v) is 7.09. The third kappa shape index (κ3) is 4.60. The first-order valence-electron chi connectivity index (χ1n) is 8.28. The number of carbonyl (C=O) groups excluding carboxylic acids is 1. The molecule has 130 valence electrons. The first kappa shape index (κ1) is 18.0. The van der Waals surface area contributed by atoms with E-state index >= 15 is 0 Å². The van der Waals surface area contributed by atoms with Gasteiger partial charge in [0.05, 0.1) is 18.5 Å². The lowest BCUT2D eigenvalue weighted by atomic mass is 9.86. The van der Waals surface area contributed by atoms with Crippen molar-refractivity contribution in [2.45, 2.75) is 46.0 Å². The van der Waals surface area contributed by atoms with Gasteiger partial charge in [0, 0.05) is 19.7 Å². The summed E-state index contributed by atoms with van der Waals surface area (Å²) in [6.45, 7) is 9.18. The molecule has 0 atom stereocenters. The SMILES string of the molecule is Cc1cc(C(C)(C)C)ccc1OCCCC(=O)N(C)c1cn[nH]c1. The highest BCUT2D eigenvalue weighted by Gasteiger charge is 2.15. The van der Waals surface area contributed by atoms with Crippen LogP contribution in [-0.2, 0) is 10.2 Å². The highest BCUT2D eigenvalue weighted by molar-refractivity contribution is 5.92. The molecule has 2 rings (SSSR count). The maximum absolute atomic E-state index is 12.1. The van der Waals surface area contributed by atoms with Gasteiger partial charge in [-0.15, -0.1) is 0 Å². The average molecular weight is 329 g/mol. The Morgan fingerprint density at radius 3 is 2.67 bits per heavy atom. The molecule has 0 saturated carbocycles. The van der Waals surface area contributed by atoms with Crippen LogP contribution in [0.3, 0.4) is 0 Å². The van der Waals surface area contributed by atoms with Gasteiger partial charge in [-0.2, -0.15) is 5.10 Å². The highest BCUT2D eigenvalue weighted by atomic mass is 16.5. The van der Waals surface area contributed by atoms with Gasteiger partial charge in [0.25, 0.3) is 0 Å². The van der Waals surface area contributed by atoms with E-state index in [-0.39, 0.29) is 11.3 Å². The Morgan fingerprint density at radius 2 is 2.08 bits per heavy atom. The summed E-state index contributed by atoms with van der Waals surface area (Å²) < 4.78 is 5.84. The van der Waals surface area contributed by atoms with Gasteiger partial charge in [0.2, 0.25) is 5.91 Å². The molecule has 2 aromatic rings. The van der Waals surface area contributed by atoms with Gasteiger partial charge in [-0.25, -0.2) is 0 Å². The Balaban J connectivity index is 1.81. The van der Waals surface area contributed by atoms with Crippen molar-refractivity contribution in [3.05, 3.63) is 41.7 Å². The molecule has 0 fully saturated rings. The molecule has 0 aliphatic rings. The number of hydrogen-bond acceptors (Lipinski definition) is 3. The quantitative estimate of drug-likeness (QED) is 0.819. The van der Waals surface area contributed by atoms with Gasteiger partial charge < -0.3 is 9.64 Å². The number of aryl methyl sites for hydroxylation is 1. The van der Waals surface area contributed by atoms with E-state index in [1.807, 2.05) is 6.07 Å². The molecule has 0 aliphatic heterocycles. The molecule has 0 radical (unpaired) electrons. The third-order valence-electron chi connectivity index (χ3n) is 4.08. The fraction of sp³-hybridized carbons (Fsp3) is 0.474. The molecule has 1 aromatic carbocycles. The predicted octanol–water partition coefficient (Wildman–Crippen LogP) is 3.84. The Hall–Kier alpha value is -2.30. The maximum atomic E-state index is 12.1. The largest absolute Gasteiger partial charge is 0.493 e. The molecule has 0 bridgehead atoms. The number of ether oxygens (including phenoxy) is 1. The summed E-state index contributed by atoms with van der Waals surface area (Å²) in [6.07, 6.45) is 4.46. The number of nitrogens with zero attached hydrogens (tertiary/aromatic N) is 2. The molecule has 0 unspecified atom stereocenters. The molecule has 5 heteroatoms. The number of benzene rings is 1. The van der Waals surface area contributed by atoms with Crippen LogP contribution >= 0.6 is 0 Å². The summed E-state index contributed by atoms with van der Waals surface area (Å²) in [5.74, 6) is 0.943. The van der Waals surface area contributed by atoms with Crippen LogP contribution in [0.4, 0.5) is 5.69 Å². The summed E-state index contributed by atoms with van der Waals surface area (Å²) in [7, 11) is 1.75. The van der Waals surface area contributed by atoms with Crippen molar-refractivity contribution < 1.29 is 9.53 Å². The molecule has 1 heterocycles. The minimum absolute atomic E-state index is 0.0554. The molecule has 5 nitrogen and oxygen atoms in total. The van der Waals surface area contributed by atoms with Gasteiger partial charge in [-0.05, 0) is 36.0 Å². The number of aromatic nitrogens is 2. The van der Waals surface area contributed by atoms with E-state index in [2.05, 4.69) is 50.0 Å². The predicted molar refractivity (Wildman–Crippen MR) is 96.6 cm³/mol. The molecular formula is C19H27N3O2. The van der Waals surface area contributed by atoms with Gasteiger partial charge in [-0.1, -0.05) is 32.9 Å². The van der Waals surface area contributed by atoms with Gasteiger partial charge in [0.1, 0.15) is 5.75 Å². The highest BCUT2D eigenvalue weighted by Crippen LogP contribution is 2.27. The number of rotatable bonds is 6. The number of H-pyrrole nitrogens is 1. The van der Waals surface area contributed by atoms with Crippen LogP contribution in [0.2, 0.25) is 0 Å². The molecule has 1 amide bonds. The van der Waals surface area contributed by atoms with Crippen molar-refractivity contribution in [3.8, 4) is 5.75 Å². The van der Waals surface area contributed by atoms with Crippen molar-refractivity contribution in [1.29, 1.82) is 0 Å². The second-order valence-electron chi connectivity index (χ2n) is 7.09. The summed E-state index contributed by atoms with van der Waals surface area (Å²) in [4.78, 5) is 13.7. The summed E-state index contributed by atoms with van der Waals surface area (Å²) in [5.41, 5.74) is 3.33. The number of anilines is 1. The minimum atomic E-state index is 0.0554. The van der Waals surface area contributed by atoms with Crippen LogP contribution in [-0.4, -0.2) is 29.8 Å². The van der Waals surface area contributed by atoms with Crippen LogP contribution in [0.25, 0.3) is 0 Å². The minimum Gasteiger partial charge on any atom is -0.493 e. The molecule has 1 aromatic heterocycles. The first-order chi connectivity index (χ1) is 11.3. The smallest absolute Gasteiger partial charge is 0.226 e. The average Bonchev–Trinajstić information content (AvgIpc) is 3.05. The number of hydrogen-bond donors (Lipinski definition) is 1.